The normalized spacial score (nSPS) is 25.4. The van der Waals surface area contributed by atoms with Gasteiger partial charge in [0.15, 0.2) is 11.5 Å². The Morgan fingerprint density at radius 1 is 1.30 bits per heavy atom. The summed E-state index contributed by atoms with van der Waals surface area (Å²) in [6.45, 7) is 9.35. The van der Waals surface area contributed by atoms with Gasteiger partial charge in [0.05, 0.1) is 18.7 Å². The quantitative estimate of drug-likeness (QED) is 0.821. The molecule has 2 atom stereocenters. The van der Waals surface area contributed by atoms with Gasteiger partial charge in [-0.1, -0.05) is 11.6 Å². The number of fused-ring (bicyclic) bond motifs is 1. The highest BCUT2D eigenvalue weighted by Crippen LogP contribution is 2.37. The van der Waals surface area contributed by atoms with Crippen LogP contribution in [0.2, 0.25) is 5.02 Å². The lowest BCUT2D eigenvalue weighted by atomic mass is 10.1. The molecular formula is C18H27ClN2O2. The maximum absolute atomic E-state index is 6.40. The molecule has 1 aromatic carbocycles. The van der Waals surface area contributed by atoms with Crippen molar-refractivity contribution in [2.75, 3.05) is 33.4 Å². The van der Waals surface area contributed by atoms with Crippen LogP contribution in [0.5, 0.6) is 11.5 Å². The largest absolute Gasteiger partial charge is 0.493 e. The predicted molar refractivity (Wildman–Crippen MR) is 93.6 cm³/mol. The SMILES string of the molecule is CCOc1c(Cl)cc(CN2CC3CCCN3C[C@H]2C)cc1OC. The Kier molecular flexibility index (Phi) is 5.34. The molecule has 2 aliphatic rings. The smallest absolute Gasteiger partial charge is 0.179 e. The van der Waals surface area contributed by atoms with E-state index in [4.69, 9.17) is 21.1 Å². The Morgan fingerprint density at radius 3 is 2.87 bits per heavy atom. The standard InChI is InChI=1S/C18H27ClN2O2/c1-4-23-18-16(19)8-14(9-17(18)22-3)11-21-12-15-6-5-7-20(15)10-13(21)2/h8-9,13,15H,4-7,10-12H2,1-3H3/t13-,15?/m1/s1. The van der Waals surface area contributed by atoms with Gasteiger partial charge in [-0.05, 0) is 50.9 Å². The Labute approximate surface area is 144 Å². The molecule has 1 unspecified atom stereocenters. The average molecular weight is 339 g/mol. The first-order valence-corrected chi connectivity index (χ1v) is 8.97. The van der Waals surface area contributed by atoms with Gasteiger partial charge >= 0.3 is 0 Å². The van der Waals surface area contributed by atoms with E-state index in [-0.39, 0.29) is 0 Å². The number of hydrogen-bond acceptors (Lipinski definition) is 4. The average Bonchev–Trinajstić information content (AvgIpc) is 2.97. The molecule has 0 bridgehead atoms. The number of piperazine rings is 1. The van der Waals surface area contributed by atoms with Crippen molar-refractivity contribution in [1.29, 1.82) is 0 Å². The molecule has 23 heavy (non-hydrogen) atoms. The number of ether oxygens (including phenoxy) is 2. The highest BCUT2D eigenvalue weighted by Gasteiger charge is 2.34. The summed E-state index contributed by atoms with van der Waals surface area (Å²) in [5.74, 6) is 1.37. The number of halogens is 1. The summed E-state index contributed by atoms with van der Waals surface area (Å²) in [6.07, 6.45) is 2.67. The molecule has 0 N–H and O–H groups in total. The van der Waals surface area contributed by atoms with Crippen LogP contribution in [-0.2, 0) is 6.54 Å². The second-order valence-corrected chi connectivity index (χ2v) is 7.02. The lowest BCUT2D eigenvalue weighted by Gasteiger charge is -2.42. The van der Waals surface area contributed by atoms with Gasteiger partial charge < -0.3 is 9.47 Å². The first kappa shape index (κ1) is 16.9. The van der Waals surface area contributed by atoms with Crippen LogP contribution < -0.4 is 9.47 Å². The Balaban J connectivity index is 1.75. The number of benzene rings is 1. The minimum Gasteiger partial charge on any atom is -0.493 e. The van der Waals surface area contributed by atoms with Crippen LogP contribution in [0.3, 0.4) is 0 Å². The van der Waals surface area contributed by atoms with Crippen molar-refractivity contribution in [2.45, 2.75) is 45.3 Å². The van der Waals surface area contributed by atoms with E-state index in [0.717, 1.165) is 24.9 Å². The molecule has 2 aliphatic heterocycles. The number of methoxy groups -OCH3 is 1. The zero-order valence-electron chi connectivity index (χ0n) is 14.3. The molecular weight excluding hydrogens is 312 g/mol. The highest BCUT2D eigenvalue weighted by atomic mass is 35.5. The third-order valence-corrected chi connectivity index (χ3v) is 5.31. The first-order chi connectivity index (χ1) is 11.1. The van der Waals surface area contributed by atoms with Crippen molar-refractivity contribution in [1.82, 2.24) is 9.80 Å². The lowest BCUT2D eigenvalue weighted by molar-refractivity contribution is 0.0540. The molecule has 0 spiro atoms. The fourth-order valence-corrected chi connectivity index (χ4v) is 4.14. The van der Waals surface area contributed by atoms with Crippen LogP contribution in [0.4, 0.5) is 0 Å². The van der Waals surface area contributed by atoms with Crippen molar-refractivity contribution in [3.63, 3.8) is 0 Å². The molecule has 2 heterocycles. The van der Waals surface area contributed by atoms with Gasteiger partial charge in [-0.3, -0.25) is 9.80 Å². The zero-order chi connectivity index (χ0) is 16.4. The van der Waals surface area contributed by atoms with Gasteiger partial charge in [0.2, 0.25) is 0 Å². The highest BCUT2D eigenvalue weighted by molar-refractivity contribution is 6.32. The van der Waals surface area contributed by atoms with Gasteiger partial charge in [-0.15, -0.1) is 0 Å². The van der Waals surface area contributed by atoms with Gasteiger partial charge in [-0.2, -0.15) is 0 Å². The van der Waals surface area contributed by atoms with E-state index >= 15 is 0 Å². The van der Waals surface area contributed by atoms with Crippen LogP contribution in [-0.4, -0.2) is 55.2 Å². The van der Waals surface area contributed by atoms with Crippen molar-refractivity contribution in [3.8, 4) is 11.5 Å². The molecule has 4 nitrogen and oxygen atoms in total. The van der Waals surface area contributed by atoms with Crippen molar-refractivity contribution >= 4 is 11.6 Å². The molecule has 128 valence electrons. The summed E-state index contributed by atoms with van der Waals surface area (Å²) >= 11 is 6.40. The molecule has 2 fully saturated rings. The van der Waals surface area contributed by atoms with Crippen molar-refractivity contribution in [3.05, 3.63) is 22.7 Å². The van der Waals surface area contributed by atoms with Crippen molar-refractivity contribution in [2.24, 2.45) is 0 Å². The third kappa shape index (κ3) is 3.59. The van der Waals surface area contributed by atoms with Crippen LogP contribution >= 0.6 is 11.6 Å². The summed E-state index contributed by atoms with van der Waals surface area (Å²) < 4.78 is 11.1. The molecule has 2 saturated heterocycles. The van der Waals surface area contributed by atoms with Gasteiger partial charge in [0.25, 0.3) is 0 Å². The van der Waals surface area contributed by atoms with Crippen LogP contribution in [0, 0.1) is 0 Å². The topological polar surface area (TPSA) is 24.9 Å². The number of nitrogens with zero attached hydrogens (tertiary/aromatic N) is 2. The molecule has 5 heteroatoms. The van der Waals surface area contributed by atoms with E-state index in [1.165, 1.54) is 31.5 Å². The summed E-state index contributed by atoms with van der Waals surface area (Å²) in [4.78, 5) is 5.21. The van der Waals surface area contributed by atoms with Crippen molar-refractivity contribution < 1.29 is 9.47 Å². The molecule has 0 amide bonds. The maximum atomic E-state index is 6.40. The van der Waals surface area contributed by atoms with E-state index in [1.807, 2.05) is 13.0 Å². The minimum atomic E-state index is 0.570. The molecule has 0 saturated carbocycles. The lowest BCUT2D eigenvalue weighted by Crippen LogP contribution is -2.54. The molecule has 1 aromatic rings. The summed E-state index contributed by atoms with van der Waals surface area (Å²) in [7, 11) is 1.66. The summed E-state index contributed by atoms with van der Waals surface area (Å²) in [5, 5.41) is 0.633. The van der Waals surface area contributed by atoms with Gasteiger partial charge in [-0.25, -0.2) is 0 Å². The second kappa shape index (κ2) is 7.29. The van der Waals surface area contributed by atoms with E-state index in [1.54, 1.807) is 7.11 Å². The van der Waals surface area contributed by atoms with E-state index in [9.17, 15) is 0 Å². The molecule has 0 aliphatic carbocycles. The van der Waals surface area contributed by atoms with Gasteiger partial charge in [0.1, 0.15) is 0 Å². The number of rotatable bonds is 5. The van der Waals surface area contributed by atoms with E-state index in [0.29, 0.717) is 23.4 Å². The zero-order valence-corrected chi connectivity index (χ0v) is 15.1. The predicted octanol–water partition coefficient (Wildman–Crippen LogP) is 3.42. The Morgan fingerprint density at radius 2 is 2.13 bits per heavy atom. The fourth-order valence-electron chi connectivity index (χ4n) is 3.85. The van der Waals surface area contributed by atoms with Crippen LogP contribution in [0.25, 0.3) is 0 Å². The minimum absolute atomic E-state index is 0.570. The number of hydrogen-bond donors (Lipinski definition) is 0. The van der Waals surface area contributed by atoms with E-state index in [2.05, 4.69) is 22.8 Å². The van der Waals surface area contributed by atoms with Crippen LogP contribution in [0.15, 0.2) is 12.1 Å². The first-order valence-electron chi connectivity index (χ1n) is 8.59. The van der Waals surface area contributed by atoms with E-state index < -0.39 is 0 Å². The monoisotopic (exact) mass is 338 g/mol. The Hall–Kier alpha value is -0.970. The third-order valence-electron chi connectivity index (χ3n) is 5.03. The van der Waals surface area contributed by atoms with Crippen LogP contribution in [0.1, 0.15) is 32.3 Å². The maximum Gasteiger partial charge on any atom is 0.179 e. The summed E-state index contributed by atoms with van der Waals surface area (Å²) in [5.41, 5.74) is 1.19. The molecule has 0 aromatic heterocycles. The fraction of sp³-hybridized carbons (Fsp3) is 0.667. The van der Waals surface area contributed by atoms with Gasteiger partial charge in [0, 0.05) is 31.7 Å². The second-order valence-electron chi connectivity index (χ2n) is 6.61. The molecule has 3 rings (SSSR count). The Bertz CT molecular complexity index is 552. The summed E-state index contributed by atoms with van der Waals surface area (Å²) in [6, 6.07) is 5.37. The molecule has 0 radical (unpaired) electrons.